The Hall–Kier alpha value is -3.00. The molecule has 1 saturated carbocycles. The van der Waals surface area contributed by atoms with E-state index in [1.807, 2.05) is 56.5 Å². The summed E-state index contributed by atoms with van der Waals surface area (Å²) in [7, 11) is 0. The molecular formula is C32H38N2O5. The van der Waals surface area contributed by atoms with Gasteiger partial charge < -0.3 is 25.3 Å². The summed E-state index contributed by atoms with van der Waals surface area (Å²) in [6.45, 7) is 7.94. The highest BCUT2D eigenvalue weighted by atomic mass is 16.6. The van der Waals surface area contributed by atoms with Crippen molar-refractivity contribution in [3.8, 4) is 0 Å². The average molecular weight is 531 g/mol. The van der Waals surface area contributed by atoms with Gasteiger partial charge in [0.15, 0.2) is 5.78 Å². The van der Waals surface area contributed by atoms with E-state index in [4.69, 9.17) is 4.74 Å². The lowest BCUT2D eigenvalue weighted by atomic mass is 9.51. The van der Waals surface area contributed by atoms with Crippen LogP contribution in [-0.2, 0) is 20.7 Å². The molecule has 4 aliphatic rings. The van der Waals surface area contributed by atoms with E-state index in [0.717, 1.165) is 16.5 Å². The number of fused-ring (bicyclic) bond motifs is 3. The highest BCUT2D eigenvalue weighted by Crippen LogP contribution is 2.66. The van der Waals surface area contributed by atoms with Gasteiger partial charge in [-0.25, -0.2) is 0 Å². The fourth-order valence-electron chi connectivity index (χ4n) is 7.88. The molecule has 4 N–H and O–H groups in total. The first-order valence-electron chi connectivity index (χ1n) is 14.1. The summed E-state index contributed by atoms with van der Waals surface area (Å²) in [5, 5.41) is 25.6. The molecule has 1 spiro atoms. The number of aliphatic hydroxyl groups is 2. The summed E-state index contributed by atoms with van der Waals surface area (Å²) in [5.41, 5.74) is 1.00. The monoisotopic (exact) mass is 530 g/mol. The van der Waals surface area contributed by atoms with Crippen molar-refractivity contribution in [2.24, 2.45) is 29.1 Å². The summed E-state index contributed by atoms with van der Waals surface area (Å²) in [4.78, 5) is 31.6. The van der Waals surface area contributed by atoms with Gasteiger partial charge in [-0.1, -0.05) is 43.4 Å². The summed E-state index contributed by atoms with van der Waals surface area (Å²) >= 11 is 0. The highest BCUT2D eigenvalue weighted by Gasteiger charge is 2.78. The summed E-state index contributed by atoms with van der Waals surface area (Å²) in [5.74, 6) is -1.36. The highest BCUT2D eigenvalue weighted by molar-refractivity contribution is 6.13. The lowest BCUT2D eigenvalue weighted by molar-refractivity contribution is -0.145. The van der Waals surface area contributed by atoms with Crippen LogP contribution in [0.3, 0.4) is 0 Å². The van der Waals surface area contributed by atoms with E-state index >= 15 is 0 Å². The SMILES string of the molecule is C/C1=C/[C@H](C)C/C=C/[C@H]2[C@@H]3O[C@]3(C)[C@@H](Cc3c[nH]c4ccccc34)[C@H]3[C@H](C)NC(=O)[C@]32C(=O)/C=C/[C@H](O)[C@H]1O. The number of carbonyl (C=O) groups is 2. The van der Waals surface area contributed by atoms with Crippen LogP contribution < -0.4 is 5.32 Å². The number of nitrogens with one attached hydrogen (secondary N) is 2. The van der Waals surface area contributed by atoms with Crippen molar-refractivity contribution in [2.45, 2.75) is 70.5 Å². The Balaban J connectivity index is 1.48. The van der Waals surface area contributed by atoms with E-state index in [0.29, 0.717) is 18.4 Å². The minimum Gasteiger partial charge on any atom is -0.386 e. The third kappa shape index (κ3) is 3.89. The molecule has 7 heteroatoms. The maximum Gasteiger partial charge on any atom is 0.235 e. The first kappa shape index (κ1) is 26.2. The molecule has 2 aromatic rings. The molecule has 0 unspecified atom stereocenters. The summed E-state index contributed by atoms with van der Waals surface area (Å²) in [6, 6.07) is 7.92. The van der Waals surface area contributed by atoms with Crippen LogP contribution in [0.15, 0.2) is 66.4 Å². The third-order valence-corrected chi connectivity index (χ3v) is 9.87. The van der Waals surface area contributed by atoms with Crippen molar-refractivity contribution in [1.82, 2.24) is 10.3 Å². The van der Waals surface area contributed by atoms with Crippen molar-refractivity contribution in [1.29, 1.82) is 0 Å². The number of epoxide rings is 1. The van der Waals surface area contributed by atoms with E-state index in [2.05, 4.69) is 23.3 Å². The van der Waals surface area contributed by atoms with Crippen LogP contribution in [0.5, 0.6) is 0 Å². The lowest BCUT2D eigenvalue weighted by Gasteiger charge is -2.46. The molecule has 206 valence electrons. The number of ketones is 1. The van der Waals surface area contributed by atoms with E-state index in [1.54, 1.807) is 6.92 Å². The predicted octanol–water partition coefficient (Wildman–Crippen LogP) is 3.62. The Morgan fingerprint density at radius 3 is 2.69 bits per heavy atom. The number of hydrogen-bond donors (Lipinski definition) is 4. The van der Waals surface area contributed by atoms with Gasteiger partial charge in [0.1, 0.15) is 17.6 Å². The Morgan fingerprint density at radius 1 is 1.13 bits per heavy atom. The number of H-pyrrole nitrogens is 1. The second kappa shape index (κ2) is 9.29. The second-order valence-corrected chi connectivity index (χ2v) is 12.3. The molecule has 39 heavy (non-hydrogen) atoms. The fourth-order valence-corrected chi connectivity index (χ4v) is 7.88. The zero-order chi connectivity index (χ0) is 27.7. The Labute approximate surface area is 229 Å². The molecule has 10 atom stereocenters. The van der Waals surface area contributed by atoms with Crippen molar-refractivity contribution >= 4 is 22.6 Å². The number of amides is 1. The van der Waals surface area contributed by atoms with Gasteiger partial charge in [0.2, 0.25) is 5.91 Å². The molecule has 2 aliphatic heterocycles. The lowest BCUT2D eigenvalue weighted by Crippen LogP contribution is -2.58. The number of allylic oxidation sites excluding steroid dienone is 3. The molecule has 1 amide bonds. The number of aromatic amines is 1. The largest absolute Gasteiger partial charge is 0.386 e. The molecule has 2 aliphatic carbocycles. The third-order valence-electron chi connectivity index (χ3n) is 9.87. The Kier molecular flexibility index (Phi) is 6.25. The van der Waals surface area contributed by atoms with E-state index in [-0.39, 0.29) is 41.6 Å². The van der Waals surface area contributed by atoms with Crippen LogP contribution in [0.2, 0.25) is 0 Å². The van der Waals surface area contributed by atoms with Gasteiger partial charge in [-0.2, -0.15) is 0 Å². The smallest absolute Gasteiger partial charge is 0.235 e. The quantitative estimate of drug-likeness (QED) is 0.269. The molecule has 7 nitrogen and oxygen atoms in total. The normalized spacial score (nSPS) is 44.9. The maximum absolute atomic E-state index is 14.3. The number of ether oxygens (including phenoxy) is 1. The van der Waals surface area contributed by atoms with Gasteiger partial charge in [-0.3, -0.25) is 9.59 Å². The molecule has 6 rings (SSSR count). The Morgan fingerprint density at radius 2 is 1.90 bits per heavy atom. The second-order valence-electron chi connectivity index (χ2n) is 12.3. The first-order valence-corrected chi connectivity index (χ1v) is 14.1. The Bertz CT molecular complexity index is 1410. The van der Waals surface area contributed by atoms with Crippen LogP contribution in [0.4, 0.5) is 0 Å². The van der Waals surface area contributed by atoms with Crippen molar-refractivity contribution in [3.63, 3.8) is 0 Å². The molecule has 3 fully saturated rings. The number of carbonyl (C=O) groups excluding carboxylic acids is 2. The summed E-state index contributed by atoms with van der Waals surface area (Å²) < 4.78 is 6.50. The van der Waals surface area contributed by atoms with Gasteiger partial charge >= 0.3 is 0 Å². The minimum atomic E-state index is -1.37. The van der Waals surface area contributed by atoms with Gasteiger partial charge in [-0.15, -0.1) is 0 Å². The zero-order valence-electron chi connectivity index (χ0n) is 22.9. The number of aromatic nitrogens is 1. The van der Waals surface area contributed by atoms with Gasteiger partial charge in [0, 0.05) is 40.9 Å². The standard InChI is InChI=1S/C32H38N2O5/c1-17-8-7-10-22-29-31(4,39-29)23(15-20-16-33-24-11-6-5-9-21(20)24)27-19(3)34-30(38)32(22,27)26(36)13-12-25(35)28(37)18(2)14-17/h5-7,9-14,16-17,19,22-23,25,27-29,33,35,37H,8,15H2,1-4H3,(H,34,38)/b10-7+,13-12+,18-14-/t17-,19+,22+,23+,25+,27-,28+,29+,31-,32-/m1/s1. The van der Waals surface area contributed by atoms with E-state index < -0.39 is 29.1 Å². The average Bonchev–Trinajstić information content (AvgIpc) is 3.32. The number of aliphatic hydroxyl groups excluding tert-OH is 2. The molecule has 2 saturated heterocycles. The fraction of sp³-hybridized carbons (Fsp3) is 0.500. The molecular weight excluding hydrogens is 492 g/mol. The zero-order valence-corrected chi connectivity index (χ0v) is 22.9. The van der Waals surface area contributed by atoms with Gasteiger partial charge in [-0.05, 0) is 68.9 Å². The topological polar surface area (TPSA) is 115 Å². The molecule has 1 aromatic carbocycles. The van der Waals surface area contributed by atoms with Gasteiger partial charge in [0.05, 0.1) is 11.7 Å². The van der Waals surface area contributed by atoms with Crippen LogP contribution in [0, 0.1) is 29.1 Å². The van der Waals surface area contributed by atoms with Crippen LogP contribution >= 0.6 is 0 Å². The minimum absolute atomic E-state index is 0.0910. The maximum atomic E-state index is 14.3. The van der Waals surface area contributed by atoms with Gasteiger partial charge in [0.25, 0.3) is 0 Å². The molecule has 0 bridgehead atoms. The predicted molar refractivity (Wildman–Crippen MR) is 149 cm³/mol. The van der Waals surface area contributed by atoms with E-state index in [9.17, 15) is 19.8 Å². The molecule has 1 aromatic heterocycles. The number of para-hydroxylation sites is 1. The number of rotatable bonds is 2. The number of benzene rings is 1. The van der Waals surface area contributed by atoms with E-state index in [1.165, 1.54) is 12.2 Å². The summed E-state index contributed by atoms with van der Waals surface area (Å²) in [6.07, 6.45) is 9.40. The van der Waals surface area contributed by atoms with Crippen molar-refractivity contribution < 1.29 is 24.5 Å². The van der Waals surface area contributed by atoms with Crippen molar-refractivity contribution in [2.75, 3.05) is 0 Å². The van der Waals surface area contributed by atoms with Crippen LogP contribution in [0.25, 0.3) is 10.9 Å². The number of hydrogen-bond acceptors (Lipinski definition) is 5. The first-order chi connectivity index (χ1) is 18.6. The molecule has 0 radical (unpaired) electrons. The van der Waals surface area contributed by atoms with Crippen LogP contribution in [-0.4, -0.2) is 56.8 Å². The molecule has 3 heterocycles. The van der Waals surface area contributed by atoms with Crippen molar-refractivity contribution in [3.05, 3.63) is 72.0 Å². The van der Waals surface area contributed by atoms with Crippen LogP contribution in [0.1, 0.15) is 39.7 Å².